The summed E-state index contributed by atoms with van der Waals surface area (Å²) in [6.07, 6.45) is 7.65. The number of aromatic nitrogens is 3. The van der Waals surface area contributed by atoms with Crippen LogP contribution < -0.4 is 10.6 Å². The van der Waals surface area contributed by atoms with Crippen LogP contribution in [-0.4, -0.2) is 33.8 Å². The molecule has 2 aliphatic rings. The van der Waals surface area contributed by atoms with Crippen LogP contribution in [0.1, 0.15) is 42.3 Å². The van der Waals surface area contributed by atoms with Gasteiger partial charge in [0.15, 0.2) is 0 Å². The van der Waals surface area contributed by atoms with Crippen LogP contribution in [0.15, 0.2) is 23.8 Å². The molecule has 3 heterocycles. The van der Waals surface area contributed by atoms with E-state index in [0.29, 0.717) is 12.5 Å². The Balaban J connectivity index is 1.46. The number of rotatable bonds is 5. The molecular formula is C16H21N5OS. The normalized spacial score (nSPS) is 20.3. The van der Waals surface area contributed by atoms with E-state index >= 15 is 0 Å². The first-order chi connectivity index (χ1) is 11.3. The minimum Gasteiger partial charge on any atom is -0.347 e. The number of nitrogens with zero attached hydrogens (tertiary/aromatic N) is 3. The summed E-state index contributed by atoms with van der Waals surface area (Å²) in [5.41, 5.74) is 0.619. The number of piperidine rings is 1. The average Bonchev–Trinajstić information content (AvgIpc) is 3.11. The molecule has 2 fully saturated rings. The lowest BCUT2D eigenvalue weighted by atomic mass is 9.87. The highest BCUT2D eigenvalue weighted by atomic mass is 32.1. The lowest BCUT2D eigenvalue weighted by Crippen LogP contribution is -2.54. The van der Waals surface area contributed by atoms with Gasteiger partial charge < -0.3 is 10.6 Å². The minimum atomic E-state index is -0.578. The van der Waals surface area contributed by atoms with E-state index in [9.17, 15) is 4.79 Å². The number of nitrogens with one attached hydrogen (secondary N) is 2. The standard InChI is InChI=1S/C16H21N5OS/c22-15(18-10-14-20-13(11-23-14)12-2-3-12)16(4-7-17-8-5-16)21-9-1-6-19-21/h1,6,9,11-12,17H,2-5,7-8,10H2,(H,18,22). The van der Waals surface area contributed by atoms with Crippen molar-refractivity contribution in [3.05, 3.63) is 34.5 Å². The molecule has 0 spiro atoms. The quantitative estimate of drug-likeness (QED) is 0.873. The van der Waals surface area contributed by atoms with Gasteiger partial charge in [-0.2, -0.15) is 5.10 Å². The predicted molar refractivity (Wildman–Crippen MR) is 88.2 cm³/mol. The molecule has 1 amide bonds. The third-order valence-electron chi connectivity index (χ3n) is 4.76. The summed E-state index contributed by atoms with van der Waals surface area (Å²) in [6.45, 7) is 2.17. The molecule has 0 bridgehead atoms. The lowest BCUT2D eigenvalue weighted by molar-refractivity contribution is -0.132. The van der Waals surface area contributed by atoms with Crippen molar-refractivity contribution >= 4 is 17.2 Å². The monoisotopic (exact) mass is 331 g/mol. The van der Waals surface area contributed by atoms with E-state index in [1.165, 1.54) is 18.5 Å². The largest absolute Gasteiger partial charge is 0.347 e. The fourth-order valence-electron chi connectivity index (χ4n) is 3.22. The van der Waals surface area contributed by atoms with Crippen LogP contribution in [0.25, 0.3) is 0 Å². The minimum absolute atomic E-state index is 0.0471. The Hall–Kier alpha value is -1.73. The predicted octanol–water partition coefficient (Wildman–Crippen LogP) is 1.61. The van der Waals surface area contributed by atoms with Gasteiger partial charge in [-0.05, 0) is 44.8 Å². The summed E-state index contributed by atoms with van der Waals surface area (Å²) < 4.78 is 1.82. The van der Waals surface area contributed by atoms with Gasteiger partial charge in [-0.3, -0.25) is 9.48 Å². The van der Waals surface area contributed by atoms with Crippen molar-refractivity contribution in [2.75, 3.05) is 13.1 Å². The van der Waals surface area contributed by atoms with E-state index in [1.807, 2.05) is 16.9 Å². The van der Waals surface area contributed by atoms with Crippen molar-refractivity contribution in [1.29, 1.82) is 0 Å². The molecule has 4 rings (SSSR count). The summed E-state index contributed by atoms with van der Waals surface area (Å²) in [5, 5.41) is 13.9. The second-order valence-corrected chi connectivity index (χ2v) is 7.30. The molecule has 2 aromatic rings. The van der Waals surface area contributed by atoms with Crippen LogP contribution in [-0.2, 0) is 16.9 Å². The molecule has 6 nitrogen and oxygen atoms in total. The summed E-state index contributed by atoms with van der Waals surface area (Å²) in [4.78, 5) is 17.6. The van der Waals surface area contributed by atoms with Crippen LogP contribution in [0.3, 0.4) is 0 Å². The maximum atomic E-state index is 12.9. The van der Waals surface area contributed by atoms with Crippen LogP contribution in [0.2, 0.25) is 0 Å². The summed E-state index contributed by atoms with van der Waals surface area (Å²) >= 11 is 1.64. The Bertz CT molecular complexity index is 670. The van der Waals surface area contributed by atoms with Gasteiger partial charge in [0.1, 0.15) is 10.5 Å². The first-order valence-corrected chi connectivity index (χ1v) is 9.09. The van der Waals surface area contributed by atoms with Crippen LogP contribution in [0.5, 0.6) is 0 Å². The SMILES string of the molecule is O=C(NCc1nc(C2CC2)cs1)C1(n2cccn2)CCNCC1. The first kappa shape index (κ1) is 14.8. The highest BCUT2D eigenvalue weighted by molar-refractivity contribution is 7.09. The molecule has 2 N–H and O–H groups in total. The van der Waals surface area contributed by atoms with Crippen LogP contribution >= 0.6 is 11.3 Å². The lowest BCUT2D eigenvalue weighted by Gasteiger charge is -2.36. The number of amides is 1. The Morgan fingerprint density at radius 1 is 1.43 bits per heavy atom. The molecule has 0 radical (unpaired) electrons. The Labute approximate surface area is 139 Å². The first-order valence-electron chi connectivity index (χ1n) is 8.21. The Kier molecular flexibility index (Phi) is 3.90. The van der Waals surface area contributed by atoms with Gasteiger partial charge in [0, 0.05) is 23.7 Å². The van der Waals surface area contributed by atoms with Gasteiger partial charge in [0.05, 0.1) is 12.2 Å². The highest BCUT2D eigenvalue weighted by Crippen LogP contribution is 2.40. The molecule has 122 valence electrons. The molecule has 1 aliphatic heterocycles. The molecular weight excluding hydrogens is 310 g/mol. The van der Waals surface area contributed by atoms with Gasteiger partial charge in [-0.1, -0.05) is 0 Å². The smallest absolute Gasteiger partial charge is 0.248 e. The van der Waals surface area contributed by atoms with Crippen molar-refractivity contribution < 1.29 is 4.79 Å². The van der Waals surface area contributed by atoms with E-state index in [4.69, 9.17) is 0 Å². The second kappa shape index (κ2) is 6.05. The maximum Gasteiger partial charge on any atom is 0.248 e. The van der Waals surface area contributed by atoms with Crippen molar-refractivity contribution in [3.63, 3.8) is 0 Å². The van der Waals surface area contributed by atoms with Crippen molar-refractivity contribution in [2.45, 2.75) is 43.7 Å². The molecule has 1 aliphatic carbocycles. The van der Waals surface area contributed by atoms with E-state index in [-0.39, 0.29) is 5.91 Å². The molecule has 7 heteroatoms. The number of thiazole rings is 1. The zero-order chi connectivity index (χ0) is 15.7. The fraction of sp³-hybridized carbons (Fsp3) is 0.562. The van der Waals surface area contributed by atoms with Gasteiger partial charge >= 0.3 is 0 Å². The molecule has 0 atom stereocenters. The van der Waals surface area contributed by atoms with Gasteiger partial charge in [-0.25, -0.2) is 4.98 Å². The molecule has 0 unspecified atom stereocenters. The highest BCUT2D eigenvalue weighted by Gasteiger charge is 2.41. The molecule has 2 aromatic heterocycles. The Morgan fingerprint density at radius 2 is 2.26 bits per heavy atom. The molecule has 0 aromatic carbocycles. The second-order valence-electron chi connectivity index (χ2n) is 6.36. The third kappa shape index (κ3) is 2.90. The summed E-state index contributed by atoms with van der Waals surface area (Å²) in [7, 11) is 0. The van der Waals surface area contributed by atoms with E-state index < -0.39 is 5.54 Å². The number of hydrogen-bond donors (Lipinski definition) is 2. The van der Waals surface area contributed by atoms with Gasteiger partial charge in [-0.15, -0.1) is 11.3 Å². The van der Waals surface area contributed by atoms with Crippen LogP contribution in [0.4, 0.5) is 0 Å². The number of carbonyl (C=O) groups is 1. The zero-order valence-electron chi connectivity index (χ0n) is 13.0. The van der Waals surface area contributed by atoms with Crippen LogP contribution in [0, 0.1) is 0 Å². The van der Waals surface area contributed by atoms with Gasteiger partial charge in [0.2, 0.25) is 5.91 Å². The van der Waals surface area contributed by atoms with Crippen molar-refractivity contribution in [3.8, 4) is 0 Å². The number of hydrogen-bond acceptors (Lipinski definition) is 5. The zero-order valence-corrected chi connectivity index (χ0v) is 13.8. The summed E-state index contributed by atoms with van der Waals surface area (Å²) in [5.74, 6) is 0.710. The average molecular weight is 331 g/mol. The van der Waals surface area contributed by atoms with Gasteiger partial charge in [0.25, 0.3) is 0 Å². The third-order valence-corrected chi connectivity index (χ3v) is 5.63. The topological polar surface area (TPSA) is 71.8 Å². The Morgan fingerprint density at radius 3 is 2.96 bits per heavy atom. The fourth-order valence-corrected chi connectivity index (χ4v) is 4.03. The number of carbonyl (C=O) groups excluding carboxylic acids is 1. The van der Waals surface area contributed by atoms with E-state index in [0.717, 1.165) is 30.9 Å². The molecule has 1 saturated carbocycles. The van der Waals surface area contributed by atoms with Crippen molar-refractivity contribution in [2.24, 2.45) is 0 Å². The van der Waals surface area contributed by atoms with E-state index in [2.05, 4.69) is 26.1 Å². The van der Waals surface area contributed by atoms with E-state index in [1.54, 1.807) is 17.5 Å². The molecule has 1 saturated heterocycles. The summed E-state index contributed by atoms with van der Waals surface area (Å²) in [6, 6.07) is 1.87. The maximum absolute atomic E-state index is 12.9. The molecule has 23 heavy (non-hydrogen) atoms. The van der Waals surface area contributed by atoms with Crippen molar-refractivity contribution in [1.82, 2.24) is 25.4 Å².